The minimum atomic E-state index is -0.0628. The summed E-state index contributed by atoms with van der Waals surface area (Å²) in [4.78, 5) is 17.3. The van der Waals surface area contributed by atoms with Gasteiger partial charge in [-0.25, -0.2) is 0 Å². The molecule has 1 amide bonds. The summed E-state index contributed by atoms with van der Waals surface area (Å²) < 4.78 is 0. The summed E-state index contributed by atoms with van der Waals surface area (Å²) in [6.45, 7) is 3.77. The number of hydrogen-bond donors (Lipinski definition) is 3. The molecule has 0 aliphatic heterocycles. The van der Waals surface area contributed by atoms with E-state index in [0.717, 1.165) is 31.0 Å². The van der Waals surface area contributed by atoms with Gasteiger partial charge in [0.2, 0.25) is 0 Å². The lowest BCUT2D eigenvalue weighted by atomic mass is 10.1. The summed E-state index contributed by atoms with van der Waals surface area (Å²) in [5.41, 5.74) is 1.80. The Morgan fingerprint density at radius 3 is 2.54 bits per heavy atom. The van der Waals surface area contributed by atoms with E-state index in [1.54, 1.807) is 14.1 Å². The Balaban J connectivity index is 0.00000392. The number of carbonyl (C=O) groups is 1. The van der Waals surface area contributed by atoms with Crippen LogP contribution < -0.4 is 16.0 Å². The van der Waals surface area contributed by atoms with Gasteiger partial charge in [-0.1, -0.05) is 37.3 Å². The molecule has 0 aliphatic carbocycles. The van der Waals surface area contributed by atoms with E-state index in [-0.39, 0.29) is 29.9 Å². The van der Waals surface area contributed by atoms with Gasteiger partial charge in [0.1, 0.15) is 0 Å². The average molecular weight is 512 g/mol. The van der Waals surface area contributed by atoms with Gasteiger partial charge in [0.05, 0.1) is 0 Å². The number of rotatable bonds is 8. The van der Waals surface area contributed by atoms with Gasteiger partial charge in [-0.3, -0.25) is 9.79 Å². The molecule has 0 aromatic heterocycles. The largest absolute Gasteiger partial charge is 0.356 e. The number of hydrogen-bond acceptors (Lipinski definition) is 3. The molecule has 3 N–H and O–H groups in total. The number of guanidine groups is 1. The fourth-order valence-electron chi connectivity index (χ4n) is 2.57. The van der Waals surface area contributed by atoms with Crippen molar-refractivity contribution in [1.82, 2.24) is 16.0 Å². The first-order valence-electron chi connectivity index (χ1n) is 9.09. The number of amides is 1. The van der Waals surface area contributed by atoms with E-state index in [9.17, 15) is 4.79 Å². The van der Waals surface area contributed by atoms with E-state index < -0.39 is 0 Å². The molecule has 28 heavy (non-hydrogen) atoms. The average Bonchev–Trinajstić information content (AvgIpc) is 2.70. The van der Waals surface area contributed by atoms with Gasteiger partial charge in [0, 0.05) is 42.9 Å². The van der Waals surface area contributed by atoms with Crippen LogP contribution in [0.2, 0.25) is 0 Å². The standard InChI is InChI=1S/C21H28N4OS.HI/c1-16(27-19-10-5-4-6-11-19)15-25-21(23-3)24-13-12-17-8-7-9-18(14-17)20(26)22-2;/h4-11,14,16H,12-13,15H2,1-3H3,(H,22,26)(H2,23,24,25);1H. The molecule has 0 heterocycles. The Bertz CT molecular complexity index is 755. The summed E-state index contributed by atoms with van der Waals surface area (Å²) in [5, 5.41) is 9.77. The number of thioether (sulfide) groups is 1. The molecule has 5 nitrogen and oxygen atoms in total. The zero-order valence-electron chi connectivity index (χ0n) is 16.6. The van der Waals surface area contributed by atoms with Crippen molar-refractivity contribution in [3.63, 3.8) is 0 Å². The van der Waals surface area contributed by atoms with E-state index in [4.69, 9.17) is 0 Å². The molecular weight excluding hydrogens is 483 g/mol. The van der Waals surface area contributed by atoms with Crippen molar-refractivity contribution in [2.45, 2.75) is 23.5 Å². The second-order valence-corrected chi connectivity index (χ2v) is 7.66. The maximum atomic E-state index is 11.7. The Hall–Kier alpha value is -1.74. The molecule has 2 aromatic rings. The van der Waals surface area contributed by atoms with Gasteiger partial charge in [-0.2, -0.15) is 0 Å². The molecule has 1 atom stereocenters. The Morgan fingerprint density at radius 1 is 1.11 bits per heavy atom. The van der Waals surface area contributed by atoms with Crippen LogP contribution in [0.4, 0.5) is 0 Å². The van der Waals surface area contributed by atoms with Crippen LogP contribution in [0.5, 0.6) is 0 Å². The van der Waals surface area contributed by atoms with Crippen molar-refractivity contribution in [2.24, 2.45) is 4.99 Å². The van der Waals surface area contributed by atoms with Crippen molar-refractivity contribution in [2.75, 3.05) is 27.2 Å². The van der Waals surface area contributed by atoms with Crippen LogP contribution in [-0.2, 0) is 6.42 Å². The summed E-state index contributed by atoms with van der Waals surface area (Å²) >= 11 is 1.84. The van der Waals surface area contributed by atoms with E-state index >= 15 is 0 Å². The second kappa shape index (κ2) is 13.4. The zero-order chi connectivity index (χ0) is 19.5. The van der Waals surface area contributed by atoms with Crippen LogP contribution >= 0.6 is 35.7 Å². The summed E-state index contributed by atoms with van der Waals surface area (Å²) in [7, 11) is 3.42. The van der Waals surface area contributed by atoms with Gasteiger partial charge in [0.15, 0.2) is 5.96 Å². The highest BCUT2D eigenvalue weighted by Crippen LogP contribution is 2.21. The second-order valence-electron chi connectivity index (χ2n) is 6.15. The lowest BCUT2D eigenvalue weighted by Gasteiger charge is -2.16. The maximum Gasteiger partial charge on any atom is 0.251 e. The van der Waals surface area contributed by atoms with Crippen molar-refractivity contribution < 1.29 is 4.79 Å². The Kier molecular flexibility index (Phi) is 11.7. The van der Waals surface area contributed by atoms with E-state index in [1.165, 1.54) is 4.90 Å². The number of nitrogens with zero attached hydrogens (tertiary/aromatic N) is 1. The minimum Gasteiger partial charge on any atom is -0.356 e. The molecule has 0 bridgehead atoms. The van der Waals surface area contributed by atoms with Gasteiger partial charge in [-0.05, 0) is 36.2 Å². The van der Waals surface area contributed by atoms with E-state index in [2.05, 4.69) is 52.1 Å². The number of nitrogens with one attached hydrogen (secondary N) is 3. The highest BCUT2D eigenvalue weighted by molar-refractivity contribution is 14.0. The lowest BCUT2D eigenvalue weighted by molar-refractivity contribution is 0.0963. The summed E-state index contributed by atoms with van der Waals surface area (Å²) in [6, 6.07) is 18.1. The van der Waals surface area contributed by atoms with Crippen molar-refractivity contribution in [3.8, 4) is 0 Å². The predicted octanol–water partition coefficient (Wildman–Crippen LogP) is 3.55. The normalized spacial score (nSPS) is 11.9. The van der Waals surface area contributed by atoms with Crippen LogP contribution in [0.3, 0.4) is 0 Å². The molecule has 152 valence electrons. The van der Waals surface area contributed by atoms with E-state index in [1.807, 2.05) is 42.1 Å². The third-order valence-electron chi connectivity index (χ3n) is 3.98. The van der Waals surface area contributed by atoms with Crippen molar-refractivity contribution >= 4 is 47.6 Å². The summed E-state index contributed by atoms with van der Waals surface area (Å²) in [6.07, 6.45) is 0.819. The third kappa shape index (κ3) is 8.52. The Morgan fingerprint density at radius 2 is 1.86 bits per heavy atom. The fourth-order valence-corrected chi connectivity index (χ4v) is 3.52. The van der Waals surface area contributed by atoms with Crippen LogP contribution in [0.1, 0.15) is 22.8 Å². The highest BCUT2D eigenvalue weighted by Gasteiger charge is 2.07. The monoisotopic (exact) mass is 512 g/mol. The first-order chi connectivity index (χ1) is 13.1. The SMILES string of the molecule is CN=C(NCCc1cccc(C(=O)NC)c1)NCC(C)Sc1ccccc1.I. The predicted molar refractivity (Wildman–Crippen MR) is 130 cm³/mol. The highest BCUT2D eigenvalue weighted by atomic mass is 127. The minimum absolute atomic E-state index is 0. The molecule has 0 fully saturated rings. The molecule has 2 aromatic carbocycles. The number of halogens is 1. The molecule has 0 aliphatic rings. The smallest absolute Gasteiger partial charge is 0.251 e. The fraction of sp³-hybridized carbons (Fsp3) is 0.333. The molecule has 2 rings (SSSR count). The van der Waals surface area contributed by atoms with Crippen LogP contribution in [0.25, 0.3) is 0 Å². The first-order valence-corrected chi connectivity index (χ1v) is 9.97. The summed E-state index contributed by atoms with van der Waals surface area (Å²) in [5.74, 6) is 0.727. The third-order valence-corrected chi connectivity index (χ3v) is 5.10. The van der Waals surface area contributed by atoms with Crippen LogP contribution in [-0.4, -0.2) is 44.3 Å². The van der Waals surface area contributed by atoms with Gasteiger partial charge >= 0.3 is 0 Å². The van der Waals surface area contributed by atoms with Crippen molar-refractivity contribution in [3.05, 3.63) is 65.7 Å². The van der Waals surface area contributed by atoms with Gasteiger partial charge in [-0.15, -0.1) is 35.7 Å². The molecule has 0 spiro atoms. The lowest BCUT2D eigenvalue weighted by Crippen LogP contribution is -2.40. The molecule has 0 saturated heterocycles. The van der Waals surface area contributed by atoms with E-state index in [0.29, 0.717) is 10.8 Å². The first kappa shape index (κ1) is 24.3. The zero-order valence-corrected chi connectivity index (χ0v) is 19.7. The molecule has 0 saturated carbocycles. The number of carbonyl (C=O) groups excluding carboxylic acids is 1. The number of benzene rings is 2. The Labute approximate surface area is 189 Å². The maximum absolute atomic E-state index is 11.7. The molecular formula is C21H29IN4OS. The van der Waals surface area contributed by atoms with Gasteiger partial charge in [0.25, 0.3) is 5.91 Å². The molecule has 0 radical (unpaired) electrons. The quantitative estimate of drug-likeness (QED) is 0.219. The number of aliphatic imine (C=N–C) groups is 1. The van der Waals surface area contributed by atoms with Gasteiger partial charge < -0.3 is 16.0 Å². The van der Waals surface area contributed by atoms with Crippen molar-refractivity contribution in [1.29, 1.82) is 0 Å². The molecule has 7 heteroatoms. The molecule has 1 unspecified atom stereocenters. The topological polar surface area (TPSA) is 65.5 Å². The van der Waals surface area contributed by atoms with Crippen LogP contribution in [0.15, 0.2) is 64.5 Å². The van der Waals surface area contributed by atoms with Crippen LogP contribution in [0, 0.1) is 0 Å².